The van der Waals surface area contributed by atoms with Crippen LogP contribution in [0.2, 0.25) is 10.0 Å². The van der Waals surface area contributed by atoms with Crippen molar-refractivity contribution in [3.8, 4) is 0 Å². The van der Waals surface area contributed by atoms with Crippen molar-refractivity contribution in [3.63, 3.8) is 0 Å². The first-order chi connectivity index (χ1) is 16.9. The van der Waals surface area contributed by atoms with Crippen molar-refractivity contribution >= 4 is 56.2 Å². The zero-order chi connectivity index (χ0) is 26.4. The molecule has 2 aromatic carbocycles. The lowest BCUT2D eigenvalue weighted by Gasteiger charge is -2.43. The van der Waals surface area contributed by atoms with Gasteiger partial charge in [0.1, 0.15) is 5.69 Å². The molecule has 1 unspecified atom stereocenters. The molecule has 1 aromatic heterocycles. The van der Waals surface area contributed by atoms with Gasteiger partial charge in [-0.15, -0.1) is 0 Å². The van der Waals surface area contributed by atoms with Gasteiger partial charge in [-0.3, -0.25) is 4.79 Å². The Morgan fingerprint density at radius 3 is 2.56 bits per heavy atom. The number of carbonyl (C=O) groups is 2. The second-order valence-corrected chi connectivity index (χ2v) is 11.3. The van der Waals surface area contributed by atoms with Crippen molar-refractivity contribution in [2.75, 3.05) is 13.1 Å². The molecule has 2 heterocycles. The van der Waals surface area contributed by atoms with E-state index in [1.807, 2.05) is 6.92 Å². The second-order valence-electron chi connectivity index (χ2n) is 8.93. The van der Waals surface area contributed by atoms with E-state index >= 15 is 0 Å². The van der Waals surface area contributed by atoms with Crippen LogP contribution in [0.25, 0.3) is 10.9 Å². The third-order valence-corrected chi connectivity index (χ3v) is 8.62. The molecule has 36 heavy (non-hydrogen) atoms. The summed E-state index contributed by atoms with van der Waals surface area (Å²) in [4.78, 5) is 25.5. The van der Waals surface area contributed by atoms with Crippen LogP contribution in [0.1, 0.15) is 51.7 Å². The quantitative estimate of drug-likeness (QED) is 0.428. The highest BCUT2D eigenvalue weighted by molar-refractivity contribution is 7.86. The number of nitrogens with zero attached hydrogens (tertiary/aromatic N) is 2. The number of aromatic carboxylic acids is 1. The summed E-state index contributed by atoms with van der Waals surface area (Å²) in [6.07, 6.45) is 1.34. The molecule has 1 fully saturated rings. The number of aryl methyl sites for hydroxylation is 2. The number of nitrogens with two attached hydrogens (primary N) is 1. The van der Waals surface area contributed by atoms with E-state index in [2.05, 4.69) is 5.32 Å². The van der Waals surface area contributed by atoms with Crippen LogP contribution < -0.4 is 10.5 Å². The summed E-state index contributed by atoms with van der Waals surface area (Å²) >= 11 is 12.5. The maximum absolute atomic E-state index is 13.7. The summed E-state index contributed by atoms with van der Waals surface area (Å²) in [7, 11) is -2.35. The number of carboxylic acid groups (broad SMARTS) is 1. The number of amides is 1. The fraction of sp³-hybridized carbons (Fsp3) is 0.333. The van der Waals surface area contributed by atoms with Crippen LogP contribution in [0.15, 0.2) is 36.4 Å². The Bertz CT molecular complexity index is 1490. The highest BCUT2D eigenvalue weighted by atomic mass is 35.5. The molecule has 4 N–H and O–H groups in total. The predicted octanol–water partition coefficient (Wildman–Crippen LogP) is 3.67. The smallest absolute Gasteiger partial charge is 0.335 e. The number of fused-ring (bicyclic) bond motifs is 1. The molecule has 0 spiro atoms. The van der Waals surface area contributed by atoms with Crippen LogP contribution in [-0.4, -0.2) is 47.4 Å². The van der Waals surface area contributed by atoms with Crippen molar-refractivity contribution in [2.45, 2.75) is 31.7 Å². The third-order valence-electron chi connectivity index (χ3n) is 6.77. The van der Waals surface area contributed by atoms with Crippen LogP contribution in [0.5, 0.6) is 0 Å². The molecule has 9 nitrogen and oxygen atoms in total. The van der Waals surface area contributed by atoms with Crippen LogP contribution in [-0.2, 0) is 29.2 Å². The Kier molecular flexibility index (Phi) is 7.11. The summed E-state index contributed by atoms with van der Waals surface area (Å²) in [5.41, 5.74) is 1.15. The molecule has 192 valence electrons. The van der Waals surface area contributed by atoms with Crippen LogP contribution in [0.3, 0.4) is 0 Å². The first-order valence-corrected chi connectivity index (χ1v) is 13.5. The zero-order valence-corrected chi connectivity index (χ0v) is 22.0. The van der Waals surface area contributed by atoms with E-state index in [1.54, 1.807) is 35.9 Å². The van der Waals surface area contributed by atoms with E-state index in [9.17, 15) is 23.1 Å². The van der Waals surface area contributed by atoms with Gasteiger partial charge in [-0.1, -0.05) is 36.2 Å². The van der Waals surface area contributed by atoms with Gasteiger partial charge in [0.2, 0.25) is 0 Å². The minimum absolute atomic E-state index is 0.0366. The molecule has 4 rings (SSSR count). The molecule has 0 aliphatic carbocycles. The summed E-state index contributed by atoms with van der Waals surface area (Å²) in [6, 6.07) is 9.72. The van der Waals surface area contributed by atoms with Crippen molar-refractivity contribution < 1.29 is 23.1 Å². The summed E-state index contributed by atoms with van der Waals surface area (Å²) in [5, 5.41) is 19.4. The van der Waals surface area contributed by atoms with E-state index in [4.69, 9.17) is 28.3 Å². The number of hydrogen-bond donors (Lipinski definition) is 3. The molecule has 0 bridgehead atoms. The van der Waals surface area contributed by atoms with Gasteiger partial charge in [-0.05, 0) is 60.7 Å². The number of benzene rings is 2. The molecular weight excluding hydrogens is 527 g/mol. The van der Waals surface area contributed by atoms with Gasteiger partial charge in [0.25, 0.3) is 16.1 Å². The molecule has 0 saturated carbocycles. The Hall–Kier alpha value is -2.63. The third kappa shape index (κ3) is 4.71. The standard InChI is InChI=1S/C24H26Cl2N4O5S/c1-3-14-5-6-15(23(32)33)11-17(14)24(9-4-10-30(13-24)36(27,34)35)28-22(31)20-12-16-19(29(20)2)8-7-18(25)21(16)26/h5-8,11-12H,3-4,9-10,13H2,1-2H3,(H,28,31)(H,32,33)(H2,27,34,35). The Morgan fingerprint density at radius 1 is 1.19 bits per heavy atom. The Balaban J connectivity index is 1.87. The predicted molar refractivity (Wildman–Crippen MR) is 139 cm³/mol. The van der Waals surface area contributed by atoms with Crippen LogP contribution in [0, 0.1) is 0 Å². The highest BCUT2D eigenvalue weighted by Gasteiger charge is 2.43. The average molecular weight is 553 g/mol. The Labute approximate surface area is 219 Å². The zero-order valence-electron chi connectivity index (χ0n) is 19.7. The number of aromatic nitrogens is 1. The van der Waals surface area contributed by atoms with Crippen molar-refractivity contribution in [1.82, 2.24) is 14.2 Å². The number of carbonyl (C=O) groups excluding carboxylic acids is 1. The number of nitrogens with one attached hydrogen (secondary N) is 1. The van der Waals surface area contributed by atoms with E-state index < -0.39 is 27.6 Å². The molecule has 1 amide bonds. The summed E-state index contributed by atoms with van der Waals surface area (Å²) in [6.45, 7) is 1.97. The van der Waals surface area contributed by atoms with Gasteiger partial charge in [0, 0.05) is 31.0 Å². The Morgan fingerprint density at radius 2 is 1.92 bits per heavy atom. The first-order valence-electron chi connectivity index (χ1n) is 11.3. The van der Waals surface area contributed by atoms with Crippen LogP contribution in [0.4, 0.5) is 0 Å². The summed E-state index contributed by atoms with van der Waals surface area (Å²) < 4.78 is 27.4. The lowest BCUT2D eigenvalue weighted by atomic mass is 9.79. The molecule has 1 aliphatic rings. The maximum atomic E-state index is 13.7. The number of carboxylic acids is 1. The monoisotopic (exact) mass is 552 g/mol. The van der Waals surface area contributed by atoms with E-state index in [1.165, 1.54) is 12.1 Å². The van der Waals surface area contributed by atoms with E-state index in [-0.39, 0.29) is 24.3 Å². The van der Waals surface area contributed by atoms with Crippen LogP contribution >= 0.6 is 23.2 Å². The molecule has 3 aromatic rings. The van der Waals surface area contributed by atoms with Gasteiger partial charge in [-0.25, -0.2) is 9.93 Å². The normalized spacial score (nSPS) is 18.9. The van der Waals surface area contributed by atoms with Gasteiger partial charge in [0.15, 0.2) is 0 Å². The molecular formula is C24H26Cl2N4O5S. The number of hydrogen-bond acceptors (Lipinski definition) is 4. The fourth-order valence-corrected chi connectivity index (χ4v) is 6.10. The van der Waals surface area contributed by atoms with Gasteiger partial charge >= 0.3 is 5.97 Å². The topological polar surface area (TPSA) is 135 Å². The lowest BCUT2D eigenvalue weighted by Crippen LogP contribution is -2.59. The van der Waals surface area contributed by atoms with E-state index in [0.717, 1.165) is 9.87 Å². The maximum Gasteiger partial charge on any atom is 0.335 e. The number of halogens is 2. The number of piperidine rings is 1. The molecule has 0 radical (unpaired) electrons. The lowest BCUT2D eigenvalue weighted by molar-refractivity contribution is 0.0696. The van der Waals surface area contributed by atoms with Crippen molar-refractivity contribution in [2.24, 2.45) is 12.2 Å². The van der Waals surface area contributed by atoms with E-state index in [0.29, 0.717) is 45.8 Å². The molecule has 12 heteroatoms. The minimum atomic E-state index is -4.06. The van der Waals surface area contributed by atoms with Gasteiger partial charge < -0.3 is 15.0 Å². The summed E-state index contributed by atoms with van der Waals surface area (Å²) in [5.74, 6) is -1.60. The van der Waals surface area contributed by atoms with Gasteiger partial charge in [-0.2, -0.15) is 12.7 Å². The first kappa shape index (κ1) is 26.4. The molecule has 1 saturated heterocycles. The molecule has 1 atom stereocenters. The van der Waals surface area contributed by atoms with Crippen molar-refractivity contribution in [3.05, 3.63) is 68.8 Å². The van der Waals surface area contributed by atoms with Crippen molar-refractivity contribution in [1.29, 1.82) is 0 Å². The largest absolute Gasteiger partial charge is 0.478 e. The minimum Gasteiger partial charge on any atom is -0.478 e. The number of rotatable bonds is 6. The van der Waals surface area contributed by atoms with Gasteiger partial charge in [0.05, 0.1) is 21.1 Å². The molecule has 1 aliphatic heterocycles. The second kappa shape index (κ2) is 9.68. The highest BCUT2D eigenvalue weighted by Crippen LogP contribution is 2.37. The SMILES string of the molecule is CCc1ccc(C(=O)O)cc1C1(NC(=O)c2cc3c(Cl)c(Cl)ccc3n2C)CCCN(S(N)(=O)=O)C1. The fourth-order valence-electron chi connectivity index (χ4n) is 4.93. The average Bonchev–Trinajstić information content (AvgIpc) is 3.17.